The molecule has 120 valence electrons. The Labute approximate surface area is 140 Å². The van der Waals surface area contributed by atoms with Gasteiger partial charge in [0.2, 0.25) is 5.78 Å². The van der Waals surface area contributed by atoms with Crippen molar-refractivity contribution in [1.82, 2.24) is 4.98 Å². The Morgan fingerprint density at radius 3 is 2.71 bits per heavy atom. The van der Waals surface area contributed by atoms with Gasteiger partial charge in [-0.05, 0) is 49.4 Å². The summed E-state index contributed by atoms with van der Waals surface area (Å²) in [4.78, 5) is 16.3. The SMILES string of the molecule is Cc1ccc(C(=O)/C=C/c2ccccc2OCc2ccccn2)o1. The highest BCUT2D eigenvalue weighted by Crippen LogP contribution is 2.21. The van der Waals surface area contributed by atoms with Gasteiger partial charge in [0.25, 0.3) is 0 Å². The van der Waals surface area contributed by atoms with Crippen molar-refractivity contribution < 1.29 is 13.9 Å². The number of benzene rings is 1. The number of carbonyl (C=O) groups is 1. The number of aryl methyl sites for hydroxylation is 1. The zero-order chi connectivity index (χ0) is 16.8. The Hall–Kier alpha value is -3.14. The number of pyridine rings is 1. The summed E-state index contributed by atoms with van der Waals surface area (Å²) >= 11 is 0. The molecule has 0 aliphatic carbocycles. The summed E-state index contributed by atoms with van der Waals surface area (Å²) in [5.74, 6) is 1.56. The van der Waals surface area contributed by atoms with Crippen LogP contribution in [0.25, 0.3) is 6.08 Å². The number of allylic oxidation sites excluding steroid dienone is 1. The van der Waals surface area contributed by atoms with Crippen LogP contribution in [0.2, 0.25) is 0 Å². The van der Waals surface area contributed by atoms with Crippen molar-refractivity contribution in [2.24, 2.45) is 0 Å². The molecule has 1 aromatic carbocycles. The highest BCUT2D eigenvalue weighted by Gasteiger charge is 2.07. The number of rotatable bonds is 6. The van der Waals surface area contributed by atoms with Gasteiger partial charge in [-0.3, -0.25) is 9.78 Å². The Morgan fingerprint density at radius 1 is 1.12 bits per heavy atom. The molecule has 0 atom stereocenters. The summed E-state index contributed by atoms with van der Waals surface area (Å²) in [6.45, 7) is 2.18. The third-order valence-corrected chi connectivity index (χ3v) is 3.42. The van der Waals surface area contributed by atoms with Crippen molar-refractivity contribution >= 4 is 11.9 Å². The second-order valence-electron chi connectivity index (χ2n) is 5.26. The number of carbonyl (C=O) groups excluding carboxylic acids is 1. The van der Waals surface area contributed by atoms with Crippen molar-refractivity contribution in [2.75, 3.05) is 0 Å². The van der Waals surface area contributed by atoms with E-state index < -0.39 is 0 Å². The molecule has 0 spiro atoms. The van der Waals surface area contributed by atoms with Crippen LogP contribution in [0, 0.1) is 6.92 Å². The summed E-state index contributed by atoms with van der Waals surface area (Å²) in [5.41, 5.74) is 1.67. The standard InChI is InChI=1S/C20H17NO3/c1-15-9-12-20(24-15)18(22)11-10-16-6-2-3-8-19(16)23-14-17-7-4-5-13-21-17/h2-13H,14H2,1H3/b11-10+. The third-order valence-electron chi connectivity index (χ3n) is 3.42. The minimum absolute atomic E-state index is 0.178. The first-order valence-corrected chi connectivity index (χ1v) is 7.63. The topological polar surface area (TPSA) is 52.3 Å². The van der Waals surface area contributed by atoms with Gasteiger partial charge in [-0.15, -0.1) is 0 Å². The van der Waals surface area contributed by atoms with Crippen LogP contribution < -0.4 is 4.74 Å². The summed E-state index contributed by atoms with van der Waals surface area (Å²) in [6.07, 6.45) is 4.95. The van der Waals surface area contributed by atoms with Crippen LogP contribution in [0.15, 0.2) is 71.3 Å². The van der Waals surface area contributed by atoms with Gasteiger partial charge in [0.05, 0.1) is 5.69 Å². The molecule has 0 N–H and O–H groups in total. The van der Waals surface area contributed by atoms with Crippen LogP contribution in [-0.4, -0.2) is 10.8 Å². The first kappa shape index (κ1) is 15.7. The molecule has 0 saturated heterocycles. The Bertz CT molecular complexity index is 850. The number of nitrogens with zero attached hydrogens (tertiary/aromatic N) is 1. The van der Waals surface area contributed by atoms with E-state index in [2.05, 4.69) is 4.98 Å². The maximum Gasteiger partial charge on any atom is 0.221 e. The molecule has 3 rings (SSSR count). The van der Waals surface area contributed by atoms with E-state index in [1.54, 1.807) is 31.3 Å². The molecule has 0 bridgehead atoms. The highest BCUT2D eigenvalue weighted by atomic mass is 16.5. The van der Waals surface area contributed by atoms with Crippen LogP contribution in [0.4, 0.5) is 0 Å². The molecule has 0 radical (unpaired) electrons. The molecule has 2 aromatic heterocycles. The lowest BCUT2D eigenvalue weighted by molar-refractivity contribution is 0.102. The quantitative estimate of drug-likeness (QED) is 0.497. The Balaban J connectivity index is 1.72. The van der Waals surface area contributed by atoms with Crippen molar-refractivity contribution in [3.8, 4) is 5.75 Å². The van der Waals surface area contributed by atoms with Crippen LogP contribution >= 0.6 is 0 Å². The zero-order valence-corrected chi connectivity index (χ0v) is 13.3. The molecule has 0 saturated carbocycles. The van der Waals surface area contributed by atoms with E-state index in [1.807, 2.05) is 42.5 Å². The van der Waals surface area contributed by atoms with E-state index in [0.717, 1.165) is 11.3 Å². The number of hydrogen-bond donors (Lipinski definition) is 0. The van der Waals surface area contributed by atoms with Crippen molar-refractivity contribution in [1.29, 1.82) is 0 Å². The zero-order valence-electron chi connectivity index (χ0n) is 13.3. The minimum atomic E-state index is -0.178. The molecule has 0 amide bonds. The fourth-order valence-corrected chi connectivity index (χ4v) is 2.20. The van der Waals surface area contributed by atoms with E-state index in [4.69, 9.17) is 9.15 Å². The number of para-hydroxylation sites is 1. The molecule has 4 nitrogen and oxygen atoms in total. The van der Waals surface area contributed by atoms with Crippen LogP contribution in [0.3, 0.4) is 0 Å². The molecule has 0 unspecified atom stereocenters. The van der Waals surface area contributed by atoms with Crippen LogP contribution in [-0.2, 0) is 6.61 Å². The van der Waals surface area contributed by atoms with Crippen LogP contribution in [0.5, 0.6) is 5.75 Å². The number of furan rings is 1. The van der Waals surface area contributed by atoms with Gasteiger partial charge in [-0.1, -0.05) is 24.3 Å². The maximum absolute atomic E-state index is 12.1. The fourth-order valence-electron chi connectivity index (χ4n) is 2.20. The van der Waals surface area contributed by atoms with E-state index >= 15 is 0 Å². The Kier molecular flexibility index (Phi) is 4.87. The Morgan fingerprint density at radius 2 is 1.96 bits per heavy atom. The molecule has 0 aliphatic heterocycles. The lowest BCUT2D eigenvalue weighted by Gasteiger charge is -2.08. The lowest BCUT2D eigenvalue weighted by atomic mass is 10.1. The summed E-state index contributed by atoms with van der Waals surface area (Å²) < 4.78 is 11.1. The number of hydrogen-bond acceptors (Lipinski definition) is 4. The first-order chi connectivity index (χ1) is 11.7. The first-order valence-electron chi connectivity index (χ1n) is 7.63. The monoisotopic (exact) mass is 319 g/mol. The largest absolute Gasteiger partial charge is 0.487 e. The molecule has 0 fully saturated rings. The van der Waals surface area contributed by atoms with Gasteiger partial charge >= 0.3 is 0 Å². The van der Waals surface area contributed by atoms with E-state index in [0.29, 0.717) is 23.9 Å². The average molecular weight is 319 g/mol. The molecule has 0 aliphatic rings. The average Bonchev–Trinajstić information content (AvgIpc) is 3.06. The van der Waals surface area contributed by atoms with Crippen molar-refractivity contribution in [3.63, 3.8) is 0 Å². The fraction of sp³-hybridized carbons (Fsp3) is 0.100. The predicted molar refractivity (Wildman–Crippen MR) is 91.8 cm³/mol. The number of ether oxygens (including phenoxy) is 1. The molecule has 24 heavy (non-hydrogen) atoms. The van der Waals surface area contributed by atoms with Gasteiger partial charge in [-0.2, -0.15) is 0 Å². The minimum Gasteiger partial charge on any atom is -0.487 e. The summed E-state index contributed by atoms with van der Waals surface area (Å²) in [5, 5.41) is 0. The second kappa shape index (κ2) is 7.42. The molecule has 3 aromatic rings. The highest BCUT2D eigenvalue weighted by molar-refractivity contribution is 6.05. The van der Waals surface area contributed by atoms with Gasteiger partial charge in [-0.25, -0.2) is 0 Å². The number of aromatic nitrogens is 1. The van der Waals surface area contributed by atoms with E-state index in [1.165, 1.54) is 6.08 Å². The third kappa shape index (κ3) is 3.98. The smallest absolute Gasteiger partial charge is 0.221 e. The van der Waals surface area contributed by atoms with Gasteiger partial charge in [0.15, 0.2) is 5.76 Å². The molecule has 2 heterocycles. The van der Waals surface area contributed by atoms with E-state index in [9.17, 15) is 4.79 Å². The second-order valence-corrected chi connectivity index (χ2v) is 5.26. The van der Waals surface area contributed by atoms with Crippen molar-refractivity contribution in [2.45, 2.75) is 13.5 Å². The lowest BCUT2D eigenvalue weighted by Crippen LogP contribution is -1.99. The molecular formula is C20H17NO3. The molecule has 4 heteroatoms. The summed E-state index contributed by atoms with van der Waals surface area (Å²) in [6, 6.07) is 16.7. The summed E-state index contributed by atoms with van der Waals surface area (Å²) in [7, 11) is 0. The van der Waals surface area contributed by atoms with E-state index in [-0.39, 0.29) is 5.78 Å². The van der Waals surface area contributed by atoms with Gasteiger partial charge in [0.1, 0.15) is 18.1 Å². The van der Waals surface area contributed by atoms with Gasteiger partial charge < -0.3 is 9.15 Å². The van der Waals surface area contributed by atoms with Gasteiger partial charge in [0, 0.05) is 11.8 Å². The van der Waals surface area contributed by atoms with Crippen LogP contribution in [0.1, 0.15) is 27.6 Å². The molecular weight excluding hydrogens is 302 g/mol. The number of ketones is 1. The normalized spacial score (nSPS) is 10.9. The maximum atomic E-state index is 12.1. The van der Waals surface area contributed by atoms with Crippen molar-refractivity contribution in [3.05, 3.63) is 89.6 Å². The predicted octanol–water partition coefficient (Wildman–Crippen LogP) is 4.46.